The molecule has 0 spiro atoms. The zero-order valence-electron chi connectivity index (χ0n) is 12.4. The first-order chi connectivity index (χ1) is 11.0. The van der Waals surface area contributed by atoms with Gasteiger partial charge in [-0.2, -0.15) is 0 Å². The van der Waals surface area contributed by atoms with Gasteiger partial charge in [0.15, 0.2) is 11.4 Å². The summed E-state index contributed by atoms with van der Waals surface area (Å²) < 4.78 is 5.08. The molecule has 3 rings (SSSR count). The van der Waals surface area contributed by atoms with Crippen molar-refractivity contribution in [3.8, 4) is 5.75 Å². The predicted molar refractivity (Wildman–Crippen MR) is 77.9 cm³/mol. The number of aromatic nitrogens is 1. The second-order valence-corrected chi connectivity index (χ2v) is 4.89. The summed E-state index contributed by atoms with van der Waals surface area (Å²) in [4.78, 5) is 45.4. The Balaban J connectivity index is 1.88. The average molecular weight is 312 g/mol. The Morgan fingerprint density at radius 1 is 1.13 bits per heavy atom. The van der Waals surface area contributed by atoms with E-state index in [4.69, 9.17) is 9.57 Å². The van der Waals surface area contributed by atoms with Crippen molar-refractivity contribution in [2.24, 2.45) is 0 Å². The molecule has 2 heterocycles. The van der Waals surface area contributed by atoms with Gasteiger partial charge in [-0.15, -0.1) is 0 Å². The van der Waals surface area contributed by atoms with E-state index in [1.165, 1.54) is 25.4 Å². The SMILES string of the molecule is COc1cc(C)cnc1C(=O)ON1C(=O)c2ccccc2C1=O. The molecular weight excluding hydrogens is 300 g/mol. The van der Waals surface area contributed by atoms with E-state index >= 15 is 0 Å². The number of rotatable bonds is 3. The number of hydrogen-bond acceptors (Lipinski definition) is 6. The minimum Gasteiger partial charge on any atom is -0.494 e. The highest BCUT2D eigenvalue weighted by molar-refractivity contribution is 6.21. The summed E-state index contributed by atoms with van der Waals surface area (Å²) in [6.45, 7) is 1.79. The van der Waals surface area contributed by atoms with E-state index in [-0.39, 0.29) is 22.6 Å². The van der Waals surface area contributed by atoms with Crippen molar-refractivity contribution in [1.29, 1.82) is 0 Å². The monoisotopic (exact) mass is 312 g/mol. The van der Waals surface area contributed by atoms with Gasteiger partial charge in [-0.05, 0) is 30.7 Å². The zero-order chi connectivity index (χ0) is 16.6. The highest BCUT2D eigenvalue weighted by Gasteiger charge is 2.39. The molecule has 2 aromatic rings. The number of nitrogens with zero attached hydrogens (tertiary/aromatic N) is 2. The Labute approximate surface area is 131 Å². The number of fused-ring (bicyclic) bond motifs is 1. The Morgan fingerprint density at radius 3 is 2.30 bits per heavy atom. The lowest BCUT2D eigenvalue weighted by Crippen LogP contribution is -2.33. The summed E-state index contributed by atoms with van der Waals surface area (Å²) in [5.74, 6) is -2.13. The summed E-state index contributed by atoms with van der Waals surface area (Å²) in [6.07, 6.45) is 1.46. The van der Waals surface area contributed by atoms with Crippen LogP contribution in [-0.4, -0.2) is 34.9 Å². The molecule has 2 amide bonds. The van der Waals surface area contributed by atoms with E-state index in [1.807, 2.05) is 0 Å². The number of benzene rings is 1. The fraction of sp³-hybridized carbons (Fsp3) is 0.125. The molecule has 1 aromatic carbocycles. The number of carbonyl (C=O) groups is 3. The lowest BCUT2D eigenvalue weighted by atomic mass is 10.1. The number of amides is 2. The first kappa shape index (κ1) is 14.7. The van der Waals surface area contributed by atoms with E-state index in [2.05, 4.69) is 4.98 Å². The highest BCUT2D eigenvalue weighted by Crippen LogP contribution is 2.24. The molecule has 0 radical (unpaired) electrons. The second kappa shape index (κ2) is 5.53. The third-order valence-electron chi connectivity index (χ3n) is 3.33. The van der Waals surface area contributed by atoms with Crippen LogP contribution in [0.4, 0.5) is 0 Å². The molecule has 7 nitrogen and oxygen atoms in total. The molecule has 0 fully saturated rings. The molecule has 7 heteroatoms. The Hall–Kier alpha value is -3.22. The minimum atomic E-state index is -0.948. The van der Waals surface area contributed by atoms with Crippen molar-refractivity contribution < 1.29 is 24.0 Å². The molecule has 0 atom stereocenters. The third-order valence-corrected chi connectivity index (χ3v) is 3.33. The van der Waals surface area contributed by atoms with Crippen molar-refractivity contribution in [2.75, 3.05) is 7.11 Å². The van der Waals surface area contributed by atoms with E-state index in [0.29, 0.717) is 5.06 Å². The fourth-order valence-corrected chi connectivity index (χ4v) is 2.23. The molecule has 0 bridgehead atoms. The highest BCUT2D eigenvalue weighted by atomic mass is 16.7. The van der Waals surface area contributed by atoms with Gasteiger partial charge in [0, 0.05) is 6.20 Å². The molecule has 0 saturated carbocycles. The largest absolute Gasteiger partial charge is 0.494 e. The van der Waals surface area contributed by atoms with E-state index < -0.39 is 17.8 Å². The van der Waals surface area contributed by atoms with E-state index in [0.717, 1.165) is 5.56 Å². The molecule has 1 aliphatic rings. The van der Waals surface area contributed by atoms with Crippen LogP contribution in [0.15, 0.2) is 36.5 Å². The molecule has 1 aliphatic heterocycles. The smallest absolute Gasteiger partial charge is 0.385 e. The van der Waals surface area contributed by atoms with Crippen LogP contribution in [0.2, 0.25) is 0 Å². The van der Waals surface area contributed by atoms with Gasteiger partial charge >= 0.3 is 5.97 Å². The standard InChI is InChI=1S/C16H12N2O5/c1-9-7-12(22-2)13(17-8-9)16(21)23-18-14(19)10-5-3-4-6-11(10)15(18)20/h3-8H,1-2H3. The summed E-state index contributed by atoms with van der Waals surface area (Å²) in [5.41, 5.74) is 1.05. The second-order valence-electron chi connectivity index (χ2n) is 4.89. The number of hydrogen-bond donors (Lipinski definition) is 0. The first-order valence-electron chi connectivity index (χ1n) is 6.73. The van der Waals surface area contributed by atoms with Gasteiger partial charge in [0.1, 0.15) is 0 Å². The predicted octanol–water partition coefficient (Wildman–Crippen LogP) is 1.77. The van der Waals surface area contributed by atoms with E-state index in [1.54, 1.807) is 25.1 Å². The number of imide groups is 1. The number of hydroxylamine groups is 2. The van der Waals surface area contributed by atoms with Crippen molar-refractivity contribution >= 4 is 17.8 Å². The number of pyridine rings is 1. The van der Waals surface area contributed by atoms with Gasteiger partial charge < -0.3 is 9.57 Å². The molecule has 116 valence electrons. The summed E-state index contributed by atoms with van der Waals surface area (Å²) >= 11 is 0. The van der Waals surface area contributed by atoms with Crippen LogP contribution in [-0.2, 0) is 4.84 Å². The number of methoxy groups -OCH3 is 1. The topological polar surface area (TPSA) is 85.8 Å². The molecule has 1 aromatic heterocycles. The maximum absolute atomic E-state index is 12.2. The van der Waals surface area contributed by atoms with Crippen LogP contribution in [0.3, 0.4) is 0 Å². The fourth-order valence-electron chi connectivity index (χ4n) is 2.23. The molecule has 23 heavy (non-hydrogen) atoms. The maximum atomic E-state index is 12.2. The third kappa shape index (κ3) is 2.42. The minimum absolute atomic E-state index is 0.116. The van der Waals surface area contributed by atoms with Crippen molar-refractivity contribution in [1.82, 2.24) is 10.0 Å². The van der Waals surface area contributed by atoms with Gasteiger partial charge in [-0.1, -0.05) is 17.2 Å². The van der Waals surface area contributed by atoms with Crippen LogP contribution in [0.1, 0.15) is 36.8 Å². The molecule has 0 saturated heterocycles. The van der Waals surface area contributed by atoms with Gasteiger partial charge in [0.05, 0.1) is 18.2 Å². The lowest BCUT2D eigenvalue weighted by molar-refractivity contribution is -0.0590. The maximum Gasteiger partial charge on any atom is 0.385 e. The van der Waals surface area contributed by atoms with Crippen LogP contribution >= 0.6 is 0 Å². The van der Waals surface area contributed by atoms with Crippen LogP contribution < -0.4 is 4.74 Å². The van der Waals surface area contributed by atoms with Gasteiger partial charge in [-0.25, -0.2) is 9.78 Å². The molecule has 0 aliphatic carbocycles. The van der Waals surface area contributed by atoms with Crippen LogP contribution in [0, 0.1) is 6.92 Å². The lowest BCUT2D eigenvalue weighted by Gasteiger charge is -2.13. The number of carbonyl (C=O) groups excluding carboxylic acids is 3. The quantitative estimate of drug-likeness (QED) is 0.803. The van der Waals surface area contributed by atoms with Crippen molar-refractivity contribution in [2.45, 2.75) is 6.92 Å². The first-order valence-corrected chi connectivity index (χ1v) is 6.73. The van der Waals surface area contributed by atoms with E-state index in [9.17, 15) is 14.4 Å². The van der Waals surface area contributed by atoms with Gasteiger partial charge in [0.2, 0.25) is 0 Å². The average Bonchev–Trinajstić information content (AvgIpc) is 2.80. The molecule has 0 N–H and O–H groups in total. The summed E-state index contributed by atoms with van der Waals surface area (Å²) in [6, 6.07) is 7.84. The van der Waals surface area contributed by atoms with Crippen molar-refractivity contribution in [3.63, 3.8) is 0 Å². The summed E-state index contributed by atoms with van der Waals surface area (Å²) in [7, 11) is 1.38. The Morgan fingerprint density at radius 2 is 1.74 bits per heavy atom. The van der Waals surface area contributed by atoms with Gasteiger partial charge in [-0.3, -0.25) is 9.59 Å². The van der Waals surface area contributed by atoms with Crippen LogP contribution in [0.25, 0.3) is 0 Å². The molecule has 0 unspecified atom stereocenters. The normalized spacial score (nSPS) is 13.0. The Bertz CT molecular complexity index is 796. The summed E-state index contributed by atoms with van der Waals surface area (Å²) in [5, 5.41) is 0.438. The molecular formula is C16H12N2O5. The Kier molecular flexibility index (Phi) is 3.53. The number of aryl methyl sites for hydroxylation is 1. The number of ether oxygens (including phenoxy) is 1. The van der Waals surface area contributed by atoms with Crippen LogP contribution in [0.5, 0.6) is 5.75 Å². The van der Waals surface area contributed by atoms with Gasteiger partial charge in [0.25, 0.3) is 11.8 Å². The van der Waals surface area contributed by atoms with Crippen molar-refractivity contribution in [3.05, 3.63) is 58.9 Å². The zero-order valence-corrected chi connectivity index (χ0v) is 12.4.